The van der Waals surface area contributed by atoms with Gasteiger partial charge in [-0.2, -0.15) is 0 Å². The van der Waals surface area contributed by atoms with E-state index in [2.05, 4.69) is 15.8 Å². The third-order valence-corrected chi connectivity index (χ3v) is 5.82. The Morgan fingerprint density at radius 1 is 1.20 bits per heavy atom. The van der Waals surface area contributed by atoms with E-state index in [0.717, 1.165) is 28.2 Å². The number of halogens is 2. The van der Waals surface area contributed by atoms with Gasteiger partial charge in [0.15, 0.2) is 16.6 Å². The molecular formula is C22H20F2N4O6S. The summed E-state index contributed by atoms with van der Waals surface area (Å²) < 4.78 is 40.3. The lowest BCUT2D eigenvalue weighted by Crippen LogP contribution is -2.44. The molecule has 0 aliphatic carbocycles. The number of carbonyl (C=O) groups excluding carboxylic acids is 4. The van der Waals surface area contributed by atoms with Crippen LogP contribution in [0.5, 0.6) is 0 Å². The van der Waals surface area contributed by atoms with Gasteiger partial charge in [-0.1, -0.05) is 0 Å². The third-order valence-electron chi connectivity index (χ3n) is 4.98. The van der Waals surface area contributed by atoms with E-state index >= 15 is 0 Å². The summed E-state index contributed by atoms with van der Waals surface area (Å²) in [4.78, 5) is 53.6. The van der Waals surface area contributed by atoms with Gasteiger partial charge in [-0.15, -0.1) is 11.3 Å². The smallest absolute Gasteiger partial charge is 0.426 e. The van der Waals surface area contributed by atoms with Crippen LogP contribution in [-0.2, 0) is 15.1 Å². The average Bonchev–Trinajstić information content (AvgIpc) is 3.35. The molecule has 0 saturated heterocycles. The van der Waals surface area contributed by atoms with Gasteiger partial charge in [0.25, 0.3) is 5.91 Å². The molecule has 10 nitrogen and oxygen atoms in total. The molecule has 0 saturated carbocycles. The Bertz CT molecular complexity index is 1420. The Kier molecular flexibility index (Phi) is 5.63. The largest absolute Gasteiger partial charge is 0.443 e. The van der Waals surface area contributed by atoms with Crippen molar-refractivity contribution >= 4 is 46.1 Å². The SMILES string of the molecule is CC(C)(C)OC(=O)NNC(=O)c1csc(C(=O)c2cn3c4c(c(F)c(F)cc24)C(C)(C)OC3=O)n1. The van der Waals surface area contributed by atoms with Crippen molar-refractivity contribution in [1.82, 2.24) is 20.4 Å². The van der Waals surface area contributed by atoms with Gasteiger partial charge in [0, 0.05) is 17.0 Å². The highest BCUT2D eigenvalue weighted by atomic mass is 32.1. The average molecular weight is 506 g/mol. The fourth-order valence-electron chi connectivity index (χ4n) is 3.60. The van der Waals surface area contributed by atoms with Gasteiger partial charge in [-0.25, -0.2) is 28.8 Å². The zero-order chi connectivity index (χ0) is 25.9. The zero-order valence-corrected chi connectivity index (χ0v) is 20.1. The normalized spacial score (nSPS) is 14.4. The lowest BCUT2D eigenvalue weighted by Gasteiger charge is -2.31. The lowest BCUT2D eigenvalue weighted by molar-refractivity contribution is 0.0299. The summed E-state index contributed by atoms with van der Waals surface area (Å²) in [6.45, 7) is 7.77. The van der Waals surface area contributed by atoms with Gasteiger partial charge >= 0.3 is 12.2 Å². The van der Waals surface area contributed by atoms with Gasteiger partial charge in [0.2, 0.25) is 5.78 Å². The summed E-state index contributed by atoms with van der Waals surface area (Å²) in [5.74, 6) is -3.92. The minimum atomic E-state index is -1.47. The van der Waals surface area contributed by atoms with E-state index in [1.165, 1.54) is 19.2 Å². The molecular weight excluding hydrogens is 486 g/mol. The molecule has 0 radical (unpaired) electrons. The number of nitrogens with one attached hydrogen (secondary N) is 2. The molecule has 1 aromatic carbocycles. The number of hydrogen-bond donors (Lipinski definition) is 2. The van der Waals surface area contributed by atoms with Crippen LogP contribution in [0, 0.1) is 11.6 Å². The Balaban J connectivity index is 1.64. The van der Waals surface area contributed by atoms with Gasteiger partial charge in [0.1, 0.15) is 16.9 Å². The van der Waals surface area contributed by atoms with E-state index in [4.69, 9.17) is 9.47 Å². The van der Waals surface area contributed by atoms with Crippen LogP contribution in [0.4, 0.5) is 18.4 Å². The van der Waals surface area contributed by atoms with Crippen LogP contribution in [0.15, 0.2) is 17.6 Å². The first-order valence-corrected chi connectivity index (χ1v) is 11.1. The van der Waals surface area contributed by atoms with E-state index < -0.39 is 46.7 Å². The summed E-state index contributed by atoms with van der Waals surface area (Å²) in [5, 5.41) is 1.13. The van der Waals surface area contributed by atoms with E-state index in [9.17, 15) is 28.0 Å². The van der Waals surface area contributed by atoms with E-state index in [-0.39, 0.29) is 32.7 Å². The number of carbonyl (C=O) groups is 4. The van der Waals surface area contributed by atoms with Crippen molar-refractivity contribution in [3.8, 4) is 0 Å². The van der Waals surface area contributed by atoms with Gasteiger partial charge < -0.3 is 9.47 Å². The highest BCUT2D eigenvalue weighted by Gasteiger charge is 2.40. The molecule has 0 bridgehead atoms. The predicted octanol–water partition coefficient (Wildman–Crippen LogP) is 4.01. The number of ketones is 1. The molecule has 0 unspecified atom stereocenters. The van der Waals surface area contributed by atoms with Crippen LogP contribution in [0.1, 0.15) is 66.0 Å². The van der Waals surface area contributed by atoms with Crippen molar-refractivity contribution in [2.45, 2.75) is 45.8 Å². The molecule has 3 aromatic rings. The molecule has 35 heavy (non-hydrogen) atoms. The summed E-state index contributed by atoms with van der Waals surface area (Å²) in [6.07, 6.45) is -0.626. The van der Waals surface area contributed by atoms with Crippen molar-refractivity contribution in [3.63, 3.8) is 0 Å². The van der Waals surface area contributed by atoms with Crippen LogP contribution in [0.25, 0.3) is 10.9 Å². The second kappa shape index (κ2) is 8.12. The van der Waals surface area contributed by atoms with Gasteiger partial charge in [-0.3, -0.25) is 19.6 Å². The lowest BCUT2D eigenvalue weighted by atomic mass is 9.93. The molecule has 3 heterocycles. The minimum Gasteiger partial charge on any atom is -0.443 e. The number of hydrazine groups is 1. The maximum absolute atomic E-state index is 14.7. The van der Waals surface area contributed by atoms with Crippen molar-refractivity contribution in [1.29, 1.82) is 0 Å². The highest BCUT2D eigenvalue weighted by molar-refractivity contribution is 7.12. The Morgan fingerprint density at radius 2 is 1.89 bits per heavy atom. The van der Waals surface area contributed by atoms with Crippen LogP contribution < -0.4 is 10.9 Å². The quantitative estimate of drug-likeness (QED) is 0.406. The van der Waals surface area contributed by atoms with E-state index in [1.807, 2.05) is 0 Å². The molecule has 2 N–H and O–H groups in total. The number of benzene rings is 1. The first-order valence-electron chi connectivity index (χ1n) is 10.3. The first kappa shape index (κ1) is 24.3. The molecule has 13 heteroatoms. The molecule has 1 aliphatic heterocycles. The standard InChI is InChI=1S/C22H20F2N4O6S/c1-21(2,3)33-19(31)27-26-17(30)12-8-35-18(25-12)16(29)10-7-28-15-9(10)6-11(23)14(24)13(15)22(4,5)34-20(28)32/h6-8H,1-5H3,(H,26,30)(H,27,31). The third kappa shape index (κ3) is 4.34. The number of nitrogens with zero attached hydrogens (tertiary/aromatic N) is 2. The van der Waals surface area contributed by atoms with Crippen molar-refractivity contribution in [2.75, 3.05) is 0 Å². The molecule has 1 aliphatic rings. The zero-order valence-electron chi connectivity index (χ0n) is 19.2. The Hall–Kier alpha value is -3.87. The van der Waals surface area contributed by atoms with E-state index in [1.54, 1.807) is 20.8 Å². The number of hydrogen-bond acceptors (Lipinski definition) is 8. The number of rotatable bonds is 3. The summed E-state index contributed by atoms with van der Waals surface area (Å²) in [5.41, 5.74) is 1.45. The van der Waals surface area contributed by atoms with Crippen LogP contribution >= 0.6 is 11.3 Å². The summed E-state index contributed by atoms with van der Waals surface area (Å²) in [6, 6.07) is 0.832. The number of amides is 2. The predicted molar refractivity (Wildman–Crippen MR) is 119 cm³/mol. The molecule has 0 atom stereocenters. The fraction of sp³-hybridized carbons (Fsp3) is 0.318. The molecule has 4 rings (SSSR count). The van der Waals surface area contributed by atoms with Crippen LogP contribution in [0.3, 0.4) is 0 Å². The topological polar surface area (TPSA) is 129 Å². The fourth-order valence-corrected chi connectivity index (χ4v) is 4.35. The summed E-state index contributed by atoms with van der Waals surface area (Å²) >= 11 is 0.820. The molecule has 2 aromatic heterocycles. The summed E-state index contributed by atoms with van der Waals surface area (Å²) in [7, 11) is 0. The molecule has 184 valence electrons. The monoisotopic (exact) mass is 506 g/mol. The van der Waals surface area contributed by atoms with Gasteiger partial charge in [0.05, 0.1) is 16.6 Å². The van der Waals surface area contributed by atoms with Gasteiger partial charge in [-0.05, 0) is 40.7 Å². The van der Waals surface area contributed by atoms with Crippen molar-refractivity contribution in [2.24, 2.45) is 0 Å². The molecule has 2 amide bonds. The first-order chi connectivity index (χ1) is 16.2. The maximum Gasteiger partial charge on any atom is 0.426 e. The number of ether oxygens (including phenoxy) is 2. The number of aromatic nitrogens is 2. The van der Waals surface area contributed by atoms with E-state index in [0.29, 0.717) is 0 Å². The van der Waals surface area contributed by atoms with Crippen molar-refractivity contribution < 1.29 is 37.4 Å². The maximum atomic E-state index is 14.7. The highest BCUT2D eigenvalue weighted by Crippen LogP contribution is 2.41. The van der Waals surface area contributed by atoms with Crippen molar-refractivity contribution in [3.05, 3.63) is 51.1 Å². The molecule has 0 spiro atoms. The second-order valence-electron chi connectivity index (χ2n) is 9.18. The second-order valence-corrected chi connectivity index (χ2v) is 10.0. The van der Waals surface area contributed by atoms with Crippen LogP contribution in [-0.4, -0.2) is 39.0 Å². The minimum absolute atomic E-state index is 0.00131. The number of cyclic esters (lactones) is 1. The van der Waals surface area contributed by atoms with Crippen LogP contribution in [0.2, 0.25) is 0 Å². The number of thiazole rings is 1. The Labute approximate surface area is 201 Å². The molecule has 0 fully saturated rings. The Morgan fingerprint density at radius 3 is 2.54 bits per heavy atom.